The van der Waals surface area contributed by atoms with Gasteiger partial charge in [-0.15, -0.1) is 0 Å². The van der Waals surface area contributed by atoms with E-state index in [0.29, 0.717) is 11.3 Å². The Morgan fingerprint density at radius 3 is 2.93 bits per heavy atom. The van der Waals surface area contributed by atoms with Crippen LogP contribution in [-0.4, -0.2) is 11.4 Å². The lowest BCUT2D eigenvalue weighted by Gasteiger charge is -2.01. The lowest BCUT2D eigenvalue weighted by Crippen LogP contribution is -1.94. The van der Waals surface area contributed by atoms with Crippen molar-refractivity contribution in [2.45, 2.75) is 13.0 Å². The molecule has 0 fully saturated rings. The maximum atomic E-state index is 10.0. The number of hydrogen-bond donors (Lipinski definition) is 2. The standard InChI is InChI=1S/C11H11NO2/c12-11-5-4-9(3-1-2-6-13)7-10(11)8-14/h4-7,14H,2,8,12H2. The summed E-state index contributed by atoms with van der Waals surface area (Å²) in [5.74, 6) is 5.48. The van der Waals surface area contributed by atoms with Crippen LogP contribution >= 0.6 is 0 Å². The highest BCUT2D eigenvalue weighted by atomic mass is 16.3. The van der Waals surface area contributed by atoms with E-state index >= 15 is 0 Å². The average molecular weight is 189 g/mol. The molecule has 72 valence electrons. The van der Waals surface area contributed by atoms with Gasteiger partial charge in [0, 0.05) is 16.8 Å². The van der Waals surface area contributed by atoms with Crippen molar-refractivity contribution in [3.8, 4) is 11.8 Å². The number of benzene rings is 1. The van der Waals surface area contributed by atoms with Gasteiger partial charge in [-0.25, -0.2) is 0 Å². The Kier molecular flexibility index (Phi) is 3.71. The third-order valence-electron chi connectivity index (χ3n) is 1.73. The normalized spacial score (nSPS) is 8.93. The van der Waals surface area contributed by atoms with E-state index in [2.05, 4.69) is 11.8 Å². The lowest BCUT2D eigenvalue weighted by atomic mass is 10.1. The molecule has 0 aromatic heterocycles. The van der Waals surface area contributed by atoms with Crippen molar-refractivity contribution in [1.29, 1.82) is 0 Å². The second kappa shape index (κ2) is 5.05. The van der Waals surface area contributed by atoms with E-state index in [1.165, 1.54) is 0 Å². The Bertz CT molecular complexity index is 388. The molecule has 0 aliphatic rings. The van der Waals surface area contributed by atoms with Gasteiger partial charge in [-0.05, 0) is 18.2 Å². The second-order valence-electron chi connectivity index (χ2n) is 2.74. The van der Waals surface area contributed by atoms with E-state index in [4.69, 9.17) is 10.8 Å². The van der Waals surface area contributed by atoms with Crippen LogP contribution in [0.1, 0.15) is 17.5 Å². The maximum Gasteiger partial charge on any atom is 0.131 e. The Hall–Kier alpha value is -1.79. The molecule has 0 radical (unpaired) electrons. The second-order valence-corrected chi connectivity index (χ2v) is 2.74. The van der Waals surface area contributed by atoms with Crippen LogP contribution in [0.2, 0.25) is 0 Å². The number of hydrogen-bond acceptors (Lipinski definition) is 3. The van der Waals surface area contributed by atoms with E-state index in [0.717, 1.165) is 11.8 Å². The quantitative estimate of drug-likeness (QED) is 0.409. The summed E-state index contributed by atoms with van der Waals surface area (Å²) in [5.41, 5.74) is 7.55. The van der Waals surface area contributed by atoms with Crippen molar-refractivity contribution >= 4 is 12.0 Å². The van der Waals surface area contributed by atoms with E-state index in [-0.39, 0.29) is 13.0 Å². The molecule has 1 aromatic carbocycles. The number of carbonyl (C=O) groups is 1. The third-order valence-corrected chi connectivity index (χ3v) is 1.73. The molecular formula is C11H11NO2. The van der Waals surface area contributed by atoms with Crippen molar-refractivity contribution in [3.05, 3.63) is 29.3 Å². The fourth-order valence-electron chi connectivity index (χ4n) is 1.02. The van der Waals surface area contributed by atoms with Gasteiger partial charge in [-0.2, -0.15) is 0 Å². The van der Waals surface area contributed by atoms with Gasteiger partial charge in [0.15, 0.2) is 0 Å². The Labute approximate surface area is 82.6 Å². The van der Waals surface area contributed by atoms with Crippen LogP contribution in [0, 0.1) is 11.8 Å². The lowest BCUT2D eigenvalue weighted by molar-refractivity contribution is -0.107. The predicted octanol–water partition coefficient (Wildman–Crippen LogP) is 0.702. The minimum atomic E-state index is -0.102. The molecule has 14 heavy (non-hydrogen) atoms. The molecular weight excluding hydrogens is 178 g/mol. The van der Waals surface area contributed by atoms with Gasteiger partial charge in [0.05, 0.1) is 13.0 Å². The summed E-state index contributed by atoms with van der Waals surface area (Å²) >= 11 is 0. The van der Waals surface area contributed by atoms with Gasteiger partial charge in [-0.3, -0.25) is 0 Å². The van der Waals surface area contributed by atoms with Crippen molar-refractivity contribution in [2.24, 2.45) is 0 Å². The Balaban J connectivity index is 2.91. The maximum absolute atomic E-state index is 10.0. The summed E-state index contributed by atoms with van der Waals surface area (Å²) in [5, 5.41) is 8.93. The van der Waals surface area contributed by atoms with Crippen molar-refractivity contribution < 1.29 is 9.90 Å². The van der Waals surface area contributed by atoms with Gasteiger partial charge >= 0.3 is 0 Å². The Morgan fingerprint density at radius 2 is 2.29 bits per heavy atom. The number of rotatable bonds is 2. The van der Waals surface area contributed by atoms with Crippen molar-refractivity contribution in [1.82, 2.24) is 0 Å². The van der Waals surface area contributed by atoms with Crippen LogP contribution in [0.15, 0.2) is 18.2 Å². The van der Waals surface area contributed by atoms with Gasteiger partial charge < -0.3 is 15.6 Å². The summed E-state index contributed by atoms with van der Waals surface area (Å²) in [6, 6.07) is 5.16. The summed E-state index contributed by atoms with van der Waals surface area (Å²) in [6.07, 6.45) is 0.968. The number of anilines is 1. The summed E-state index contributed by atoms with van der Waals surface area (Å²) in [4.78, 5) is 10.0. The van der Waals surface area contributed by atoms with Crippen LogP contribution in [0.4, 0.5) is 5.69 Å². The number of nitrogens with two attached hydrogens (primary N) is 1. The third kappa shape index (κ3) is 2.61. The molecule has 0 saturated carbocycles. The van der Waals surface area contributed by atoms with Gasteiger partial charge in [0.2, 0.25) is 0 Å². The highest BCUT2D eigenvalue weighted by molar-refractivity contribution is 5.56. The molecule has 3 nitrogen and oxygen atoms in total. The fourth-order valence-corrected chi connectivity index (χ4v) is 1.02. The molecule has 3 heteroatoms. The van der Waals surface area contributed by atoms with Crippen LogP contribution in [0.25, 0.3) is 0 Å². The van der Waals surface area contributed by atoms with Crippen LogP contribution in [-0.2, 0) is 11.4 Å². The number of aliphatic hydroxyl groups excluding tert-OH is 1. The highest BCUT2D eigenvalue weighted by Crippen LogP contribution is 2.13. The summed E-state index contributed by atoms with van der Waals surface area (Å²) in [6.45, 7) is -0.102. The first-order chi connectivity index (χ1) is 6.77. The molecule has 0 atom stereocenters. The first-order valence-electron chi connectivity index (χ1n) is 4.19. The van der Waals surface area contributed by atoms with Crippen LogP contribution in [0.3, 0.4) is 0 Å². The molecule has 0 bridgehead atoms. The van der Waals surface area contributed by atoms with Crippen LogP contribution in [0.5, 0.6) is 0 Å². The van der Waals surface area contributed by atoms with Crippen molar-refractivity contribution in [2.75, 3.05) is 5.73 Å². The number of aldehydes is 1. The summed E-state index contributed by atoms with van der Waals surface area (Å²) in [7, 11) is 0. The average Bonchev–Trinajstić information content (AvgIpc) is 2.21. The zero-order valence-electron chi connectivity index (χ0n) is 7.66. The van der Waals surface area contributed by atoms with Gasteiger partial charge in [-0.1, -0.05) is 11.8 Å². The molecule has 0 amide bonds. The molecule has 1 rings (SSSR count). The minimum absolute atomic E-state index is 0.102. The topological polar surface area (TPSA) is 63.3 Å². The molecule has 0 spiro atoms. The monoisotopic (exact) mass is 189 g/mol. The molecule has 1 aromatic rings. The zero-order valence-corrected chi connectivity index (χ0v) is 7.66. The predicted molar refractivity (Wildman–Crippen MR) is 54.3 cm³/mol. The summed E-state index contributed by atoms with van der Waals surface area (Å²) < 4.78 is 0. The number of carbonyl (C=O) groups excluding carboxylic acids is 1. The smallest absolute Gasteiger partial charge is 0.131 e. The molecule has 0 unspecified atom stereocenters. The molecule has 0 aliphatic carbocycles. The minimum Gasteiger partial charge on any atom is -0.398 e. The first-order valence-corrected chi connectivity index (χ1v) is 4.19. The number of nitrogen functional groups attached to an aromatic ring is 1. The van der Waals surface area contributed by atoms with E-state index in [1.54, 1.807) is 18.2 Å². The highest BCUT2D eigenvalue weighted by Gasteiger charge is 1.97. The SMILES string of the molecule is Nc1ccc(C#CCC=O)cc1CO. The first kappa shape index (κ1) is 10.3. The zero-order chi connectivity index (χ0) is 10.4. The molecule has 3 N–H and O–H groups in total. The van der Waals surface area contributed by atoms with Crippen molar-refractivity contribution in [3.63, 3.8) is 0 Å². The van der Waals surface area contributed by atoms with Gasteiger partial charge in [0.1, 0.15) is 6.29 Å². The molecule has 0 aliphatic heterocycles. The fraction of sp³-hybridized carbons (Fsp3) is 0.182. The van der Waals surface area contributed by atoms with Gasteiger partial charge in [0.25, 0.3) is 0 Å². The van der Waals surface area contributed by atoms with E-state index in [9.17, 15) is 4.79 Å². The van der Waals surface area contributed by atoms with E-state index in [1.807, 2.05) is 0 Å². The van der Waals surface area contributed by atoms with E-state index < -0.39 is 0 Å². The number of aliphatic hydroxyl groups is 1. The van der Waals surface area contributed by atoms with Crippen LogP contribution < -0.4 is 5.73 Å². The Morgan fingerprint density at radius 1 is 1.50 bits per heavy atom. The molecule has 0 saturated heterocycles. The largest absolute Gasteiger partial charge is 0.398 e. The molecule has 0 heterocycles.